The molecule has 10 heteroatoms. The second kappa shape index (κ2) is 10.5. The molecule has 1 saturated heterocycles. The first-order valence-corrected chi connectivity index (χ1v) is 11.3. The van der Waals surface area contributed by atoms with E-state index >= 15 is 0 Å². The lowest BCUT2D eigenvalue weighted by Gasteiger charge is -2.26. The van der Waals surface area contributed by atoms with Gasteiger partial charge in [0.05, 0.1) is 29.7 Å². The van der Waals surface area contributed by atoms with Crippen LogP contribution in [0.25, 0.3) is 0 Å². The Morgan fingerprint density at radius 3 is 2.39 bits per heavy atom. The second-order valence-electron chi connectivity index (χ2n) is 7.19. The summed E-state index contributed by atoms with van der Waals surface area (Å²) in [5.74, 6) is -0.533. The van der Waals surface area contributed by atoms with Crippen molar-refractivity contribution in [3.05, 3.63) is 60.2 Å². The average molecular weight is 448 g/mol. The van der Waals surface area contributed by atoms with E-state index in [4.69, 9.17) is 15.2 Å². The van der Waals surface area contributed by atoms with Crippen LogP contribution in [0.15, 0.2) is 59.5 Å². The minimum absolute atomic E-state index is 0.0153. The molecule has 0 aromatic heterocycles. The maximum atomic E-state index is 12.2. The van der Waals surface area contributed by atoms with Gasteiger partial charge in [-0.2, -0.15) is 4.72 Å². The van der Waals surface area contributed by atoms with E-state index in [2.05, 4.69) is 10.0 Å². The van der Waals surface area contributed by atoms with Crippen LogP contribution in [0.1, 0.15) is 23.2 Å². The molecule has 0 bridgehead atoms. The van der Waals surface area contributed by atoms with Gasteiger partial charge in [0.1, 0.15) is 5.75 Å². The third-order valence-electron chi connectivity index (χ3n) is 4.70. The highest BCUT2D eigenvalue weighted by atomic mass is 32.2. The van der Waals surface area contributed by atoms with Crippen molar-refractivity contribution in [3.8, 4) is 5.75 Å². The molecule has 1 heterocycles. The number of benzene rings is 2. The summed E-state index contributed by atoms with van der Waals surface area (Å²) in [6.45, 7) is 2.62. The van der Waals surface area contributed by atoms with Crippen LogP contribution in [0.5, 0.6) is 5.75 Å². The van der Waals surface area contributed by atoms with Crippen LogP contribution >= 0.6 is 0 Å². The summed E-state index contributed by atoms with van der Waals surface area (Å²) in [7, 11) is -3.89. The first-order chi connectivity index (χ1) is 14.8. The van der Waals surface area contributed by atoms with Crippen LogP contribution in [0.2, 0.25) is 0 Å². The summed E-state index contributed by atoms with van der Waals surface area (Å²) < 4.78 is 37.0. The van der Waals surface area contributed by atoms with Crippen molar-refractivity contribution in [3.63, 3.8) is 0 Å². The lowest BCUT2D eigenvalue weighted by Crippen LogP contribution is -2.43. The maximum absolute atomic E-state index is 12.2. The van der Waals surface area contributed by atoms with Crippen LogP contribution in [0.3, 0.4) is 0 Å². The minimum atomic E-state index is -3.89. The highest BCUT2D eigenvalue weighted by Crippen LogP contribution is 2.15. The molecule has 9 nitrogen and oxygen atoms in total. The summed E-state index contributed by atoms with van der Waals surface area (Å²) in [4.78, 5) is 24.1. The molecule has 2 aromatic rings. The zero-order chi connectivity index (χ0) is 22.3. The van der Waals surface area contributed by atoms with E-state index < -0.39 is 34.5 Å². The molecule has 0 unspecified atom stereocenters. The van der Waals surface area contributed by atoms with E-state index in [1.165, 1.54) is 24.3 Å². The number of rotatable bonds is 10. The SMILES string of the molecule is N[C@H](CC(=O)OC(=O)c1ccc(OCCC2CNC2)cc1)NS(=O)(=O)c1ccccc1. The normalized spacial score (nSPS) is 15.0. The molecule has 3 rings (SSSR count). The van der Waals surface area contributed by atoms with Crippen LogP contribution in [0.4, 0.5) is 0 Å². The molecule has 31 heavy (non-hydrogen) atoms. The molecular weight excluding hydrogens is 422 g/mol. The van der Waals surface area contributed by atoms with Crippen LogP contribution in [-0.2, 0) is 19.6 Å². The Morgan fingerprint density at radius 1 is 1.10 bits per heavy atom. The Bertz CT molecular complexity index is 992. The lowest BCUT2D eigenvalue weighted by molar-refractivity contribution is -0.138. The molecule has 0 radical (unpaired) electrons. The third kappa shape index (κ3) is 6.86. The van der Waals surface area contributed by atoms with Crippen molar-refractivity contribution in [2.45, 2.75) is 23.9 Å². The maximum Gasteiger partial charge on any atom is 0.345 e. The molecule has 166 valence electrons. The number of hydrogen-bond acceptors (Lipinski definition) is 8. The van der Waals surface area contributed by atoms with Crippen molar-refractivity contribution < 1.29 is 27.5 Å². The molecule has 2 aromatic carbocycles. The van der Waals surface area contributed by atoms with Crippen molar-refractivity contribution in [2.75, 3.05) is 19.7 Å². The van der Waals surface area contributed by atoms with Crippen molar-refractivity contribution in [1.29, 1.82) is 0 Å². The number of ether oxygens (including phenoxy) is 2. The summed E-state index contributed by atoms with van der Waals surface area (Å²) in [5, 5.41) is 3.20. The summed E-state index contributed by atoms with van der Waals surface area (Å²) in [6.07, 6.45) is -0.790. The largest absolute Gasteiger partial charge is 0.494 e. The number of esters is 2. The predicted octanol–water partition coefficient (Wildman–Crippen LogP) is 1.01. The summed E-state index contributed by atoms with van der Waals surface area (Å²) >= 11 is 0. The van der Waals surface area contributed by atoms with Crippen molar-refractivity contribution in [2.24, 2.45) is 11.7 Å². The summed E-state index contributed by atoms with van der Waals surface area (Å²) in [5.41, 5.74) is 5.86. The Hall–Kier alpha value is -2.79. The molecule has 0 spiro atoms. The first kappa shape index (κ1) is 22.9. The Labute approximate surface area is 181 Å². The van der Waals surface area contributed by atoms with Gasteiger partial charge in [-0.05, 0) is 61.8 Å². The predicted molar refractivity (Wildman–Crippen MR) is 113 cm³/mol. The van der Waals surface area contributed by atoms with E-state index in [0.29, 0.717) is 18.3 Å². The van der Waals surface area contributed by atoms with Gasteiger partial charge in [0.2, 0.25) is 10.0 Å². The number of sulfonamides is 1. The highest BCUT2D eigenvalue weighted by Gasteiger charge is 2.22. The highest BCUT2D eigenvalue weighted by molar-refractivity contribution is 7.89. The zero-order valence-corrected chi connectivity index (χ0v) is 17.6. The van der Waals surface area contributed by atoms with Gasteiger partial charge in [0.25, 0.3) is 0 Å². The Morgan fingerprint density at radius 2 is 1.77 bits per heavy atom. The number of carbonyl (C=O) groups is 2. The van der Waals surface area contributed by atoms with E-state index in [1.807, 2.05) is 0 Å². The fourth-order valence-corrected chi connectivity index (χ4v) is 4.01. The third-order valence-corrected chi connectivity index (χ3v) is 6.21. The van der Waals surface area contributed by atoms with Gasteiger partial charge in [-0.25, -0.2) is 13.2 Å². The van der Waals surface area contributed by atoms with E-state index in [9.17, 15) is 18.0 Å². The van der Waals surface area contributed by atoms with Gasteiger partial charge in [-0.3, -0.25) is 4.79 Å². The molecule has 1 aliphatic heterocycles. The van der Waals surface area contributed by atoms with Gasteiger partial charge in [0.15, 0.2) is 0 Å². The molecule has 1 aliphatic rings. The van der Waals surface area contributed by atoms with E-state index in [-0.39, 0.29) is 10.5 Å². The van der Waals surface area contributed by atoms with Crippen LogP contribution in [0, 0.1) is 5.92 Å². The number of nitrogens with two attached hydrogens (primary N) is 1. The van der Waals surface area contributed by atoms with Gasteiger partial charge >= 0.3 is 11.9 Å². The lowest BCUT2D eigenvalue weighted by atomic mass is 10.0. The van der Waals surface area contributed by atoms with E-state index in [1.54, 1.807) is 30.3 Å². The van der Waals surface area contributed by atoms with Crippen molar-refractivity contribution >= 4 is 22.0 Å². The van der Waals surface area contributed by atoms with Crippen LogP contribution < -0.4 is 20.5 Å². The smallest absolute Gasteiger partial charge is 0.345 e. The van der Waals surface area contributed by atoms with Gasteiger partial charge < -0.3 is 20.5 Å². The number of hydrogen-bond donors (Lipinski definition) is 3. The standard InChI is InChI=1S/C21H25N3O6S/c22-19(24-31(27,28)18-4-2-1-3-5-18)12-20(25)30-21(26)16-6-8-17(9-7-16)29-11-10-15-13-23-14-15/h1-9,15,19,23-24H,10-14,22H2/t19-/m0/s1. The van der Waals surface area contributed by atoms with Gasteiger partial charge in [-0.15, -0.1) is 0 Å². The second-order valence-corrected chi connectivity index (χ2v) is 8.91. The molecule has 1 atom stereocenters. The fraction of sp³-hybridized carbons (Fsp3) is 0.333. The Balaban J connectivity index is 1.44. The average Bonchev–Trinajstić information content (AvgIpc) is 2.70. The molecule has 0 saturated carbocycles. The summed E-state index contributed by atoms with van der Waals surface area (Å²) in [6, 6.07) is 13.8. The van der Waals surface area contributed by atoms with Gasteiger partial charge in [0, 0.05) is 0 Å². The molecule has 0 amide bonds. The molecule has 1 fully saturated rings. The topological polar surface area (TPSA) is 137 Å². The minimum Gasteiger partial charge on any atom is -0.494 e. The Kier molecular flexibility index (Phi) is 7.75. The van der Waals surface area contributed by atoms with E-state index in [0.717, 1.165) is 19.5 Å². The van der Waals surface area contributed by atoms with Gasteiger partial charge in [-0.1, -0.05) is 18.2 Å². The van der Waals surface area contributed by atoms with Crippen LogP contribution in [-0.4, -0.2) is 46.2 Å². The fourth-order valence-electron chi connectivity index (χ4n) is 2.88. The quantitative estimate of drug-likeness (QED) is 0.279. The molecule has 0 aliphatic carbocycles. The monoisotopic (exact) mass is 447 g/mol. The van der Waals surface area contributed by atoms with Crippen molar-refractivity contribution in [1.82, 2.24) is 10.0 Å². The molecule has 4 N–H and O–H groups in total. The number of nitrogens with one attached hydrogen (secondary N) is 2. The molecular formula is C21H25N3O6S. The zero-order valence-electron chi connectivity index (χ0n) is 16.8. The first-order valence-electron chi connectivity index (χ1n) is 9.85. The number of carbonyl (C=O) groups excluding carboxylic acids is 2.